The van der Waals surface area contributed by atoms with E-state index in [0.29, 0.717) is 12.1 Å². The first-order chi connectivity index (χ1) is 9.05. The first-order valence-electron chi connectivity index (χ1n) is 6.05. The summed E-state index contributed by atoms with van der Waals surface area (Å²) in [4.78, 5) is 3.18. The summed E-state index contributed by atoms with van der Waals surface area (Å²) in [5.41, 5.74) is 8.49. The van der Waals surface area contributed by atoms with Gasteiger partial charge in [-0.15, -0.1) is 0 Å². The van der Waals surface area contributed by atoms with Gasteiger partial charge in [-0.3, -0.25) is 0 Å². The van der Waals surface area contributed by atoms with Crippen molar-refractivity contribution in [2.75, 3.05) is 0 Å². The molecule has 1 aliphatic rings. The summed E-state index contributed by atoms with van der Waals surface area (Å²) < 4.78 is 0. The molecule has 0 bridgehead atoms. The van der Waals surface area contributed by atoms with E-state index in [1.165, 1.54) is 0 Å². The van der Waals surface area contributed by atoms with Crippen molar-refractivity contribution in [3.63, 3.8) is 0 Å². The zero-order valence-electron chi connectivity index (χ0n) is 11.0. The lowest BCUT2D eigenvalue weighted by atomic mass is 9.92. The number of allylic oxidation sites excluding steroid dienone is 2. The number of nitrogens with two attached hydrogens (primary N) is 1. The molecule has 2 N–H and O–H groups in total. The van der Waals surface area contributed by atoms with Gasteiger partial charge in [0.05, 0.1) is 12.1 Å². The van der Waals surface area contributed by atoms with E-state index in [0.717, 1.165) is 16.8 Å². The van der Waals surface area contributed by atoms with E-state index >= 15 is 0 Å². The first-order valence-corrected chi connectivity index (χ1v) is 6.05. The number of diazo groups is 1. The van der Waals surface area contributed by atoms with Crippen LogP contribution in [0, 0.1) is 12.3 Å². The van der Waals surface area contributed by atoms with Gasteiger partial charge in [0.25, 0.3) is 0 Å². The minimum absolute atomic E-state index is 0.335. The van der Waals surface area contributed by atoms with Crippen molar-refractivity contribution >= 4 is 5.69 Å². The van der Waals surface area contributed by atoms with Crippen molar-refractivity contribution in [1.82, 2.24) is 0 Å². The zero-order chi connectivity index (χ0) is 13.9. The largest absolute Gasteiger partial charge is 0.365 e. The molecule has 2 rings (SSSR count). The molecule has 0 aromatic heterocycles. The van der Waals surface area contributed by atoms with Gasteiger partial charge in [0.15, 0.2) is 10.6 Å². The third kappa shape index (κ3) is 2.75. The molecule has 0 amide bonds. The van der Waals surface area contributed by atoms with Gasteiger partial charge in [-0.2, -0.15) is 10.2 Å². The van der Waals surface area contributed by atoms with Gasteiger partial charge in [0, 0.05) is 6.08 Å². The Balaban J connectivity index is 2.29. The van der Waals surface area contributed by atoms with Crippen LogP contribution < -0.4 is 5.73 Å². The highest BCUT2D eigenvalue weighted by Gasteiger charge is 2.36. The molecule has 1 unspecified atom stereocenters. The number of benzene rings is 1. The van der Waals surface area contributed by atoms with Gasteiger partial charge >= 0.3 is 5.70 Å². The minimum atomic E-state index is -0.946. The molecule has 0 spiro atoms. The Morgan fingerprint density at radius 3 is 2.68 bits per heavy atom. The number of hydrogen-bond acceptors (Lipinski definition) is 4. The standard InChI is InChI=1S/C14H16N5/c1-10-5-3-4-6-13(10)18-19-14(15)9-12(17-16)8-7-11(14)2/h3-8H,9,15H2,1-2H3/q+1. The molecule has 1 aliphatic carbocycles. The average Bonchev–Trinajstić information content (AvgIpc) is 2.41. The van der Waals surface area contributed by atoms with Crippen LogP contribution in [0.15, 0.2) is 57.9 Å². The molecule has 1 aromatic rings. The van der Waals surface area contributed by atoms with E-state index in [2.05, 4.69) is 15.2 Å². The number of azo groups is 1. The number of nitrogens with zero attached hydrogens (tertiary/aromatic N) is 4. The highest BCUT2D eigenvalue weighted by Crippen LogP contribution is 2.31. The summed E-state index contributed by atoms with van der Waals surface area (Å²) >= 11 is 0. The molecule has 5 heteroatoms. The summed E-state index contributed by atoms with van der Waals surface area (Å²) in [6.07, 6.45) is 3.86. The third-order valence-electron chi connectivity index (χ3n) is 3.24. The number of aryl methyl sites for hydroxylation is 1. The SMILES string of the molecule is CC1=CC=C([N+]#N)CC1(N)N=Nc1ccccc1C. The molecule has 0 aliphatic heterocycles. The lowest BCUT2D eigenvalue weighted by Gasteiger charge is -2.23. The second kappa shape index (κ2) is 5.12. The molecule has 0 fully saturated rings. The van der Waals surface area contributed by atoms with E-state index in [9.17, 15) is 0 Å². The molecule has 0 saturated carbocycles. The number of rotatable bonds is 2. The zero-order valence-corrected chi connectivity index (χ0v) is 11.0. The molecule has 0 radical (unpaired) electrons. The van der Waals surface area contributed by atoms with E-state index < -0.39 is 5.66 Å². The van der Waals surface area contributed by atoms with Gasteiger partial charge in [0.2, 0.25) is 5.39 Å². The van der Waals surface area contributed by atoms with Crippen LogP contribution in [0.2, 0.25) is 0 Å². The van der Waals surface area contributed by atoms with Crippen LogP contribution in [0.25, 0.3) is 4.98 Å². The van der Waals surface area contributed by atoms with Crippen molar-refractivity contribution < 1.29 is 0 Å². The Hall–Kier alpha value is -2.32. The maximum atomic E-state index is 8.84. The molecule has 19 heavy (non-hydrogen) atoms. The van der Waals surface area contributed by atoms with Gasteiger partial charge in [-0.1, -0.05) is 24.3 Å². The van der Waals surface area contributed by atoms with Crippen LogP contribution in [0.3, 0.4) is 0 Å². The molecule has 0 heterocycles. The minimum Gasteiger partial charge on any atom is -0.302 e. The molecular formula is C14H16N5+. The molecule has 1 aromatic carbocycles. The number of hydrogen-bond donors (Lipinski definition) is 1. The fourth-order valence-electron chi connectivity index (χ4n) is 1.84. The van der Waals surface area contributed by atoms with Crippen molar-refractivity contribution in [3.8, 4) is 0 Å². The normalized spacial score (nSPS) is 22.8. The second-order valence-corrected chi connectivity index (χ2v) is 4.70. The monoisotopic (exact) mass is 254 g/mol. The highest BCUT2D eigenvalue weighted by atomic mass is 15.2. The molecule has 5 nitrogen and oxygen atoms in total. The van der Waals surface area contributed by atoms with Crippen LogP contribution in [-0.2, 0) is 0 Å². The fourth-order valence-corrected chi connectivity index (χ4v) is 1.84. The Bertz CT molecular complexity index is 621. The van der Waals surface area contributed by atoms with Gasteiger partial charge in [-0.25, -0.2) is 0 Å². The first kappa shape index (κ1) is 13.1. The highest BCUT2D eigenvalue weighted by molar-refractivity contribution is 5.44. The van der Waals surface area contributed by atoms with E-state index in [1.54, 1.807) is 12.2 Å². The van der Waals surface area contributed by atoms with Crippen molar-refractivity contribution in [2.45, 2.75) is 25.9 Å². The van der Waals surface area contributed by atoms with Crippen LogP contribution in [0.4, 0.5) is 5.69 Å². The van der Waals surface area contributed by atoms with E-state index in [1.807, 2.05) is 38.1 Å². The predicted octanol–water partition coefficient (Wildman–Crippen LogP) is 3.82. The lowest BCUT2D eigenvalue weighted by molar-refractivity contribution is 0.491. The molecule has 96 valence electrons. The van der Waals surface area contributed by atoms with Crippen molar-refractivity contribution in [1.29, 1.82) is 5.39 Å². The summed E-state index contributed by atoms with van der Waals surface area (Å²) in [5.74, 6) is 0. The van der Waals surface area contributed by atoms with Crippen LogP contribution in [0.1, 0.15) is 18.9 Å². The molecule has 1 atom stereocenters. The predicted molar refractivity (Wildman–Crippen MR) is 74.2 cm³/mol. The van der Waals surface area contributed by atoms with Crippen LogP contribution in [-0.4, -0.2) is 5.66 Å². The molecular weight excluding hydrogens is 238 g/mol. The van der Waals surface area contributed by atoms with Gasteiger partial charge < -0.3 is 5.73 Å². The summed E-state index contributed by atoms with van der Waals surface area (Å²) in [6, 6.07) is 7.71. The Morgan fingerprint density at radius 2 is 2.00 bits per heavy atom. The average molecular weight is 254 g/mol. The quantitative estimate of drug-likeness (QED) is 0.643. The Labute approximate surface area is 112 Å². The van der Waals surface area contributed by atoms with Crippen molar-refractivity contribution in [2.24, 2.45) is 16.0 Å². The molecule has 0 saturated heterocycles. The summed E-state index contributed by atoms with van der Waals surface area (Å²) in [7, 11) is 0. The van der Waals surface area contributed by atoms with Crippen LogP contribution >= 0.6 is 0 Å². The van der Waals surface area contributed by atoms with Crippen LogP contribution in [0.5, 0.6) is 0 Å². The van der Waals surface area contributed by atoms with Gasteiger partial charge in [0.1, 0.15) is 0 Å². The second-order valence-electron chi connectivity index (χ2n) is 4.70. The smallest absolute Gasteiger partial charge is 0.302 e. The van der Waals surface area contributed by atoms with E-state index in [-0.39, 0.29) is 0 Å². The third-order valence-corrected chi connectivity index (χ3v) is 3.24. The topological polar surface area (TPSA) is 78.9 Å². The summed E-state index contributed by atoms with van der Waals surface area (Å²) in [6.45, 7) is 3.86. The Morgan fingerprint density at radius 1 is 1.26 bits per heavy atom. The van der Waals surface area contributed by atoms with Gasteiger partial charge in [-0.05, 0) is 31.1 Å². The lowest BCUT2D eigenvalue weighted by Crippen LogP contribution is -2.40. The summed E-state index contributed by atoms with van der Waals surface area (Å²) in [5, 5.41) is 17.3. The Kier molecular flexibility index (Phi) is 3.54. The maximum Gasteiger partial charge on any atom is 0.365 e. The maximum absolute atomic E-state index is 8.84. The van der Waals surface area contributed by atoms with E-state index in [4.69, 9.17) is 11.1 Å². The fraction of sp³-hybridized carbons (Fsp3) is 0.286. The van der Waals surface area contributed by atoms with Crippen molar-refractivity contribution in [3.05, 3.63) is 58.2 Å².